The highest BCUT2D eigenvalue weighted by atomic mass is 35.5. The summed E-state index contributed by atoms with van der Waals surface area (Å²) in [6.07, 6.45) is 0. The number of halogens is 3. The Labute approximate surface area is 154 Å². The van der Waals surface area contributed by atoms with E-state index in [1.807, 2.05) is 0 Å². The highest BCUT2D eigenvalue weighted by Gasteiger charge is 2.21. The first-order chi connectivity index (χ1) is 12.2. The Kier molecular flexibility index (Phi) is 6.15. The van der Waals surface area contributed by atoms with Gasteiger partial charge in [0.25, 0.3) is 0 Å². The topological polar surface area (TPSA) is 58.6 Å². The molecule has 138 valence electrons. The number of amides is 2. The lowest BCUT2D eigenvalue weighted by Gasteiger charge is -2.23. The third-order valence-corrected chi connectivity index (χ3v) is 4.05. The predicted molar refractivity (Wildman–Crippen MR) is 95.8 cm³/mol. The molecule has 0 atom stereocenters. The fourth-order valence-electron chi connectivity index (χ4n) is 2.31. The average Bonchev–Trinajstić information content (AvgIpc) is 2.57. The Morgan fingerprint density at radius 3 is 2.50 bits per heavy atom. The van der Waals surface area contributed by atoms with Crippen LogP contribution in [0.15, 0.2) is 30.3 Å². The standard InChI is InChI=1S/C18H17ClF2N2O3/c1-10-6-16(17(26-3)8-13(10)19)23(11(2)24)9-18(25)22-15-5-4-12(20)7-14(15)21/h4-8H,9H2,1-3H3,(H,22,25). The second-order valence-corrected chi connectivity index (χ2v) is 5.96. The molecule has 8 heteroatoms. The van der Waals surface area contributed by atoms with Gasteiger partial charge < -0.3 is 10.1 Å². The Bertz CT molecular complexity index is 859. The Balaban J connectivity index is 2.27. The van der Waals surface area contributed by atoms with Crippen molar-refractivity contribution in [2.75, 3.05) is 23.9 Å². The zero-order chi connectivity index (χ0) is 19.4. The number of carbonyl (C=O) groups is 2. The zero-order valence-corrected chi connectivity index (χ0v) is 15.2. The normalized spacial score (nSPS) is 10.4. The minimum absolute atomic E-state index is 0.181. The van der Waals surface area contributed by atoms with Crippen molar-refractivity contribution in [3.05, 3.63) is 52.6 Å². The van der Waals surface area contributed by atoms with Crippen LogP contribution in [-0.4, -0.2) is 25.5 Å². The van der Waals surface area contributed by atoms with Crippen LogP contribution in [0.1, 0.15) is 12.5 Å². The third kappa shape index (κ3) is 4.49. The Morgan fingerprint density at radius 2 is 1.92 bits per heavy atom. The van der Waals surface area contributed by atoms with Gasteiger partial charge in [-0.05, 0) is 30.7 Å². The molecule has 0 unspecified atom stereocenters. The molecule has 0 aliphatic rings. The van der Waals surface area contributed by atoms with E-state index < -0.39 is 23.4 Å². The summed E-state index contributed by atoms with van der Waals surface area (Å²) in [7, 11) is 1.41. The molecule has 2 aromatic carbocycles. The summed E-state index contributed by atoms with van der Waals surface area (Å²) < 4.78 is 31.9. The van der Waals surface area contributed by atoms with E-state index in [2.05, 4.69) is 5.32 Å². The SMILES string of the molecule is COc1cc(Cl)c(C)cc1N(CC(=O)Nc1ccc(F)cc1F)C(C)=O. The fraction of sp³-hybridized carbons (Fsp3) is 0.222. The molecule has 2 rings (SSSR count). The number of nitrogens with one attached hydrogen (secondary N) is 1. The molecule has 1 N–H and O–H groups in total. The average molecular weight is 383 g/mol. The molecule has 5 nitrogen and oxygen atoms in total. The molecule has 0 spiro atoms. The summed E-state index contributed by atoms with van der Waals surface area (Å²) in [5.74, 6) is -2.42. The second kappa shape index (κ2) is 8.14. The highest BCUT2D eigenvalue weighted by Crippen LogP contribution is 2.34. The summed E-state index contributed by atoms with van der Waals surface area (Å²) in [5.41, 5.74) is 0.870. The molecule has 0 aromatic heterocycles. The summed E-state index contributed by atoms with van der Waals surface area (Å²) in [6, 6.07) is 5.94. The molecule has 0 bridgehead atoms. The third-order valence-electron chi connectivity index (χ3n) is 3.64. The van der Waals surface area contributed by atoms with E-state index in [9.17, 15) is 18.4 Å². The number of anilines is 2. The summed E-state index contributed by atoms with van der Waals surface area (Å²) in [4.78, 5) is 25.5. The highest BCUT2D eigenvalue weighted by molar-refractivity contribution is 6.31. The molecule has 2 aromatic rings. The lowest BCUT2D eigenvalue weighted by Crippen LogP contribution is -2.37. The number of benzene rings is 2. The molecule has 0 aliphatic heterocycles. The second-order valence-electron chi connectivity index (χ2n) is 5.55. The van der Waals surface area contributed by atoms with Crippen LogP contribution in [0.25, 0.3) is 0 Å². The van der Waals surface area contributed by atoms with E-state index in [1.54, 1.807) is 19.1 Å². The maximum Gasteiger partial charge on any atom is 0.244 e. The van der Waals surface area contributed by atoms with Crippen LogP contribution in [0.5, 0.6) is 5.75 Å². The van der Waals surface area contributed by atoms with Crippen molar-refractivity contribution in [2.45, 2.75) is 13.8 Å². The van der Waals surface area contributed by atoms with Crippen molar-refractivity contribution in [1.29, 1.82) is 0 Å². The van der Waals surface area contributed by atoms with Gasteiger partial charge in [-0.2, -0.15) is 0 Å². The van der Waals surface area contributed by atoms with Gasteiger partial charge in [0.1, 0.15) is 23.9 Å². The van der Waals surface area contributed by atoms with Crippen molar-refractivity contribution in [3.63, 3.8) is 0 Å². The van der Waals surface area contributed by atoms with Gasteiger partial charge >= 0.3 is 0 Å². The zero-order valence-electron chi connectivity index (χ0n) is 14.4. The van der Waals surface area contributed by atoms with Crippen molar-refractivity contribution in [2.24, 2.45) is 0 Å². The van der Waals surface area contributed by atoms with Crippen LogP contribution in [0.4, 0.5) is 20.2 Å². The lowest BCUT2D eigenvalue weighted by atomic mass is 10.1. The minimum atomic E-state index is -0.910. The lowest BCUT2D eigenvalue weighted by molar-refractivity contribution is -0.120. The molecule has 2 amide bonds. The van der Waals surface area contributed by atoms with Crippen LogP contribution in [0.3, 0.4) is 0 Å². The molecule has 0 radical (unpaired) electrons. The number of aryl methyl sites for hydroxylation is 1. The Hall–Kier alpha value is -2.67. The van der Waals surface area contributed by atoms with E-state index in [0.717, 1.165) is 12.1 Å². The molecule has 26 heavy (non-hydrogen) atoms. The van der Waals surface area contributed by atoms with E-state index >= 15 is 0 Å². The molecular formula is C18H17ClF2N2O3. The quantitative estimate of drug-likeness (QED) is 0.852. The van der Waals surface area contributed by atoms with Crippen molar-refractivity contribution >= 4 is 34.8 Å². The van der Waals surface area contributed by atoms with Gasteiger partial charge in [0.15, 0.2) is 0 Å². The predicted octanol–water partition coefficient (Wildman–Crippen LogP) is 3.93. The van der Waals surface area contributed by atoms with Gasteiger partial charge in [0, 0.05) is 24.1 Å². The smallest absolute Gasteiger partial charge is 0.244 e. The van der Waals surface area contributed by atoms with Gasteiger partial charge in [0.05, 0.1) is 18.5 Å². The van der Waals surface area contributed by atoms with Crippen molar-refractivity contribution < 1.29 is 23.1 Å². The number of ether oxygens (including phenoxy) is 1. The van der Waals surface area contributed by atoms with Gasteiger partial charge in [-0.15, -0.1) is 0 Å². The number of hydrogen-bond donors (Lipinski definition) is 1. The molecule has 0 saturated heterocycles. The maximum atomic E-state index is 13.7. The number of nitrogens with zero attached hydrogens (tertiary/aromatic N) is 1. The molecule has 0 saturated carbocycles. The largest absolute Gasteiger partial charge is 0.495 e. The summed E-state index contributed by atoms with van der Waals surface area (Å²) in [5, 5.41) is 2.77. The van der Waals surface area contributed by atoms with Gasteiger partial charge in [-0.25, -0.2) is 8.78 Å². The first-order valence-corrected chi connectivity index (χ1v) is 7.98. The van der Waals surface area contributed by atoms with Crippen LogP contribution < -0.4 is 15.0 Å². The van der Waals surface area contributed by atoms with Crippen molar-refractivity contribution in [1.82, 2.24) is 0 Å². The van der Waals surface area contributed by atoms with E-state index in [4.69, 9.17) is 16.3 Å². The number of carbonyl (C=O) groups excluding carboxylic acids is 2. The van der Waals surface area contributed by atoms with Crippen LogP contribution in [0, 0.1) is 18.6 Å². The fourth-order valence-corrected chi connectivity index (χ4v) is 2.47. The van der Waals surface area contributed by atoms with Crippen LogP contribution in [-0.2, 0) is 9.59 Å². The number of methoxy groups -OCH3 is 1. The summed E-state index contributed by atoms with van der Waals surface area (Å²) in [6.45, 7) is 2.65. The number of rotatable bonds is 5. The molecular weight excluding hydrogens is 366 g/mol. The van der Waals surface area contributed by atoms with Gasteiger partial charge in [0.2, 0.25) is 11.8 Å². The first-order valence-electron chi connectivity index (χ1n) is 7.60. The van der Waals surface area contributed by atoms with Crippen LogP contribution >= 0.6 is 11.6 Å². The summed E-state index contributed by atoms with van der Waals surface area (Å²) >= 11 is 6.06. The minimum Gasteiger partial charge on any atom is -0.495 e. The van der Waals surface area contributed by atoms with E-state index in [1.165, 1.54) is 18.9 Å². The Morgan fingerprint density at radius 1 is 1.23 bits per heavy atom. The number of hydrogen-bond acceptors (Lipinski definition) is 3. The first kappa shape index (κ1) is 19.7. The van der Waals surface area contributed by atoms with Crippen LogP contribution in [0.2, 0.25) is 5.02 Å². The molecule has 0 aliphatic carbocycles. The molecule has 0 fully saturated rings. The van der Waals surface area contributed by atoms with E-state index in [0.29, 0.717) is 28.1 Å². The monoisotopic (exact) mass is 382 g/mol. The van der Waals surface area contributed by atoms with Crippen molar-refractivity contribution in [3.8, 4) is 5.75 Å². The molecule has 0 heterocycles. The van der Waals surface area contributed by atoms with Gasteiger partial charge in [-0.1, -0.05) is 11.6 Å². The van der Waals surface area contributed by atoms with Gasteiger partial charge in [-0.3, -0.25) is 14.5 Å². The maximum absolute atomic E-state index is 13.7. The van der Waals surface area contributed by atoms with E-state index in [-0.39, 0.29) is 12.2 Å².